The number of phenols is 1. The molecule has 0 aromatic heterocycles. The second kappa shape index (κ2) is 6.78. The van der Waals surface area contributed by atoms with E-state index >= 15 is 0 Å². The van der Waals surface area contributed by atoms with Crippen molar-refractivity contribution in [2.45, 2.75) is 26.8 Å². The lowest BCUT2D eigenvalue weighted by molar-refractivity contribution is -0.122. The van der Waals surface area contributed by atoms with Crippen LogP contribution in [-0.4, -0.2) is 29.5 Å². The van der Waals surface area contributed by atoms with Crippen LogP contribution in [0.15, 0.2) is 24.3 Å². The number of benzene rings is 1. The second-order valence-corrected chi connectivity index (χ2v) is 4.85. The minimum Gasteiger partial charge on any atom is -0.507 e. The van der Waals surface area contributed by atoms with E-state index in [-0.39, 0.29) is 17.2 Å². The van der Waals surface area contributed by atoms with Gasteiger partial charge in [0.15, 0.2) is 0 Å². The topological polar surface area (TPSA) is 78.4 Å². The maximum Gasteiger partial charge on any atom is 0.255 e. The van der Waals surface area contributed by atoms with Crippen LogP contribution in [0.5, 0.6) is 5.75 Å². The molecule has 2 amide bonds. The normalized spacial score (nSPS) is 12.0. The Morgan fingerprint density at radius 2 is 1.84 bits per heavy atom. The molecule has 5 nitrogen and oxygen atoms in total. The maximum absolute atomic E-state index is 11.9. The molecule has 0 bridgehead atoms. The van der Waals surface area contributed by atoms with Crippen LogP contribution in [0.2, 0.25) is 0 Å². The second-order valence-electron chi connectivity index (χ2n) is 4.85. The third-order valence-corrected chi connectivity index (χ3v) is 2.57. The highest BCUT2D eigenvalue weighted by molar-refractivity contribution is 5.99. The Morgan fingerprint density at radius 3 is 2.42 bits per heavy atom. The van der Waals surface area contributed by atoms with E-state index in [0.29, 0.717) is 12.5 Å². The summed E-state index contributed by atoms with van der Waals surface area (Å²) in [5.74, 6) is -0.456. The van der Waals surface area contributed by atoms with Gasteiger partial charge in [0.25, 0.3) is 5.91 Å². The predicted octanol–water partition coefficient (Wildman–Crippen LogP) is 1.28. The van der Waals surface area contributed by atoms with Crippen molar-refractivity contribution in [3.8, 4) is 5.75 Å². The van der Waals surface area contributed by atoms with Crippen LogP contribution in [0.25, 0.3) is 0 Å². The Bertz CT molecular complexity index is 458. The van der Waals surface area contributed by atoms with Gasteiger partial charge in [0.1, 0.15) is 11.8 Å². The zero-order valence-corrected chi connectivity index (χ0v) is 11.4. The third-order valence-electron chi connectivity index (χ3n) is 2.57. The smallest absolute Gasteiger partial charge is 0.255 e. The molecule has 5 heteroatoms. The number of rotatable bonds is 5. The summed E-state index contributed by atoms with van der Waals surface area (Å²) >= 11 is 0. The zero-order valence-electron chi connectivity index (χ0n) is 11.4. The largest absolute Gasteiger partial charge is 0.507 e. The molecule has 0 spiro atoms. The molecule has 0 aliphatic carbocycles. The van der Waals surface area contributed by atoms with Crippen LogP contribution < -0.4 is 10.6 Å². The fourth-order valence-corrected chi connectivity index (χ4v) is 1.46. The minimum atomic E-state index is -0.647. The van der Waals surface area contributed by atoms with Crippen molar-refractivity contribution < 1.29 is 14.7 Å². The summed E-state index contributed by atoms with van der Waals surface area (Å²) in [6.45, 7) is 6.15. The maximum atomic E-state index is 11.9. The van der Waals surface area contributed by atoms with Gasteiger partial charge in [-0.25, -0.2) is 0 Å². The lowest BCUT2D eigenvalue weighted by Crippen LogP contribution is -2.45. The van der Waals surface area contributed by atoms with E-state index in [0.717, 1.165) is 0 Å². The number of aromatic hydroxyl groups is 1. The zero-order chi connectivity index (χ0) is 14.4. The molecule has 19 heavy (non-hydrogen) atoms. The Balaban J connectivity index is 2.57. The molecule has 1 rings (SSSR count). The molecule has 1 atom stereocenters. The van der Waals surface area contributed by atoms with Crippen LogP contribution in [0.1, 0.15) is 31.1 Å². The van der Waals surface area contributed by atoms with Gasteiger partial charge in [-0.3, -0.25) is 9.59 Å². The first-order chi connectivity index (χ1) is 8.91. The molecule has 0 aliphatic heterocycles. The minimum absolute atomic E-state index is 0.102. The first-order valence-corrected chi connectivity index (χ1v) is 6.28. The molecule has 0 saturated carbocycles. The van der Waals surface area contributed by atoms with Gasteiger partial charge in [0, 0.05) is 6.54 Å². The molecule has 0 radical (unpaired) electrons. The molecule has 1 aromatic rings. The van der Waals surface area contributed by atoms with Gasteiger partial charge in [-0.15, -0.1) is 0 Å². The predicted molar refractivity (Wildman–Crippen MR) is 72.9 cm³/mol. The summed E-state index contributed by atoms with van der Waals surface area (Å²) in [7, 11) is 0. The Hall–Kier alpha value is -2.04. The van der Waals surface area contributed by atoms with E-state index < -0.39 is 11.9 Å². The SMILES string of the molecule is CC(C)CNC(=O)C(C)NC(=O)c1ccccc1O. The van der Waals surface area contributed by atoms with E-state index in [1.165, 1.54) is 12.1 Å². The van der Waals surface area contributed by atoms with Crippen LogP contribution in [0.4, 0.5) is 0 Å². The number of nitrogens with one attached hydrogen (secondary N) is 2. The van der Waals surface area contributed by atoms with Gasteiger partial charge in [0.2, 0.25) is 5.91 Å². The highest BCUT2D eigenvalue weighted by Gasteiger charge is 2.18. The molecule has 0 aliphatic rings. The van der Waals surface area contributed by atoms with Crippen molar-refractivity contribution in [3.63, 3.8) is 0 Å². The molecule has 104 valence electrons. The number of para-hydroxylation sites is 1. The van der Waals surface area contributed by atoms with Gasteiger partial charge in [0.05, 0.1) is 5.56 Å². The summed E-state index contributed by atoms with van der Waals surface area (Å²) in [5, 5.41) is 14.8. The van der Waals surface area contributed by atoms with Crippen LogP contribution in [0.3, 0.4) is 0 Å². The van der Waals surface area contributed by atoms with Gasteiger partial charge in [-0.05, 0) is 25.0 Å². The molecule has 0 heterocycles. The lowest BCUT2D eigenvalue weighted by Gasteiger charge is -2.15. The lowest BCUT2D eigenvalue weighted by atomic mass is 10.1. The number of phenolic OH excluding ortho intramolecular Hbond substituents is 1. The number of hydrogen-bond donors (Lipinski definition) is 3. The van der Waals surface area contributed by atoms with Crippen molar-refractivity contribution in [2.75, 3.05) is 6.54 Å². The molecule has 1 unspecified atom stereocenters. The number of carbonyl (C=O) groups is 2. The number of hydrogen-bond acceptors (Lipinski definition) is 3. The Morgan fingerprint density at radius 1 is 1.21 bits per heavy atom. The third kappa shape index (κ3) is 4.62. The summed E-state index contributed by atoms with van der Waals surface area (Å²) in [6, 6.07) is 5.57. The van der Waals surface area contributed by atoms with Crippen molar-refractivity contribution in [1.29, 1.82) is 0 Å². The molecule has 3 N–H and O–H groups in total. The van der Waals surface area contributed by atoms with E-state index in [2.05, 4.69) is 10.6 Å². The fourth-order valence-electron chi connectivity index (χ4n) is 1.46. The highest BCUT2D eigenvalue weighted by atomic mass is 16.3. The quantitative estimate of drug-likeness (QED) is 0.749. The van der Waals surface area contributed by atoms with Crippen molar-refractivity contribution in [1.82, 2.24) is 10.6 Å². The van der Waals surface area contributed by atoms with Crippen molar-refractivity contribution >= 4 is 11.8 Å². The van der Waals surface area contributed by atoms with E-state index in [1.807, 2.05) is 13.8 Å². The average molecular weight is 264 g/mol. The molecule has 0 saturated heterocycles. The van der Waals surface area contributed by atoms with Crippen LogP contribution >= 0.6 is 0 Å². The fraction of sp³-hybridized carbons (Fsp3) is 0.429. The van der Waals surface area contributed by atoms with Gasteiger partial charge in [-0.1, -0.05) is 26.0 Å². The van der Waals surface area contributed by atoms with Gasteiger partial charge >= 0.3 is 0 Å². The highest BCUT2D eigenvalue weighted by Crippen LogP contribution is 2.15. The van der Waals surface area contributed by atoms with E-state index in [1.54, 1.807) is 19.1 Å². The van der Waals surface area contributed by atoms with E-state index in [9.17, 15) is 14.7 Å². The van der Waals surface area contributed by atoms with Crippen molar-refractivity contribution in [3.05, 3.63) is 29.8 Å². The first-order valence-electron chi connectivity index (χ1n) is 6.28. The Kier molecular flexibility index (Phi) is 5.36. The van der Waals surface area contributed by atoms with Gasteiger partial charge in [-0.2, -0.15) is 0 Å². The monoisotopic (exact) mass is 264 g/mol. The van der Waals surface area contributed by atoms with Crippen LogP contribution in [0, 0.1) is 5.92 Å². The van der Waals surface area contributed by atoms with Crippen LogP contribution in [-0.2, 0) is 4.79 Å². The Labute approximate surface area is 113 Å². The van der Waals surface area contributed by atoms with Crippen molar-refractivity contribution in [2.24, 2.45) is 5.92 Å². The van der Waals surface area contributed by atoms with Gasteiger partial charge < -0.3 is 15.7 Å². The summed E-state index contributed by atoms with van der Waals surface area (Å²) in [4.78, 5) is 23.6. The summed E-state index contributed by atoms with van der Waals surface area (Å²) < 4.78 is 0. The number of amides is 2. The van der Waals surface area contributed by atoms with E-state index in [4.69, 9.17) is 0 Å². The summed E-state index contributed by atoms with van der Waals surface area (Å²) in [6.07, 6.45) is 0. The molecule has 0 fully saturated rings. The molecular formula is C14H20N2O3. The molecular weight excluding hydrogens is 244 g/mol. The average Bonchev–Trinajstić information content (AvgIpc) is 2.36. The number of carbonyl (C=O) groups excluding carboxylic acids is 2. The molecule has 1 aromatic carbocycles. The summed E-state index contributed by atoms with van der Waals surface area (Å²) in [5.41, 5.74) is 0.158. The first kappa shape index (κ1) is 15.0. The standard InChI is InChI=1S/C14H20N2O3/c1-9(2)8-15-13(18)10(3)16-14(19)11-6-4-5-7-12(11)17/h4-7,9-10,17H,8H2,1-3H3,(H,15,18)(H,16,19).